The van der Waals surface area contributed by atoms with Gasteiger partial charge in [-0.25, -0.2) is 9.38 Å². The Morgan fingerprint density at radius 3 is 2.41 bits per heavy atom. The SMILES string of the molecule is Cc1nnc(CN=C(NCC(C)Oc2ccc(F)cc2)NC(C)c2ccccc2)n1C.I. The van der Waals surface area contributed by atoms with Crippen LogP contribution in [-0.2, 0) is 13.6 Å². The van der Waals surface area contributed by atoms with E-state index in [0.717, 1.165) is 17.2 Å². The van der Waals surface area contributed by atoms with Gasteiger partial charge in [-0.1, -0.05) is 30.3 Å². The maximum absolute atomic E-state index is 13.1. The molecule has 9 heteroatoms. The first-order chi connectivity index (χ1) is 14.9. The molecule has 0 radical (unpaired) electrons. The lowest BCUT2D eigenvalue weighted by atomic mass is 10.1. The van der Waals surface area contributed by atoms with Crippen molar-refractivity contribution in [3.05, 3.63) is 77.6 Å². The van der Waals surface area contributed by atoms with Crippen LogP contribution in [0.25, 0.3) is 0 Å². The van der Waals surface area contributed by atoms with Crippen molar-refractivity contribution < 1.29 is 9.13 Å². The zero-order chi connectivity index (χ0) is 22.2. The van der Waals surface area contributed by atoms with Gasteiger partial charge in [0.05, 0.1) is 12.6 Å². The highest BCUT2D eigenvalue weighted by molar-refractivity contribution is 14.0. The third-order valence-electron chi connectivity index (χ3n) is 4.92. The quantitative estimate of drug-likeness (QED) is 0.250. The van der Waals surface area contributed by atoms with Crippen LogP contribution in [0.3, 0.4) is 0 Å². The zero-order valence-electron chi connectivity index (χ0n) is 18.7. The van der Waals surface area contributed by atoms with Crippen molar-refractivity contribution in [1.29, 1.82) is 0 Å². The molecule has 0 spiro atoms. The van der Waals surface area contributed by atoms with E-state index in [-0.39, 0.29) is 41.9 Å². The van der Waals surface area contributed by atoms with E-state index < -0.39 is 0 Å². The summed E-state index contributed by atoms with van der Waals surface area (Å²) in [4.78, 5) is 4.69. The minimum absolute atomic E-state index is 0. The van der Waals surface area contributed by atoms with Gasteiger partial charge >= 0.3 is 0 Å². The lowest BCUT2D eigenvalue weighted by Crippen LogP contribution is -2.42. The molecule has 0 saturated heterocycles. The van der Waals surface area contributed by atoms with E-state index in [1.54, 1.807) is 12.1 Å². The smallest absolute Gasteiger partial charge is 0.192 e. The number of aryl methyl sites for hydroxylation is 1. The second kappa shape index (κ2) is 12.4. The maximum atomic E-state index is 13.1. The molecule has 1 aromatic heterocycles. The summed E-state index contributed by atoms with van der Waals surface area (Å²) >= 11 is 0. The Labute approximate surface area is 205 Å². The average Bonchev–Trinajstić information content (AvgIpc) is 3.10. The largest absolute Gasteiger partial charge is 0.489 e. The van der Waals surface area contributed by atoms with E-state index in [9.17, 15) is 4.39 Å². The maximum Gasteiger partial charge on any atom is 0.192 e. The third kappa shape index (κ3) is 7.47. The van der Waals surface area contributed by atoms with E-state index in [0.29, 0.717) is 24.8 Å². The van der Waals surface area contributed by atoms with Crippen LogP contribution in [0.2, 0.25) is 0 Å². The number of aromatic nitrogens is 3. The van der Waals surface area contributed by atoms with Crippen molar-refractivity contribution in [2.45, 2.75) is 39.5 Å². The third-order valence-corrected chi connectivity index (χ3v) is 4.92. The molecule has 0 fully saturated rings. The van der Waals surface area contributed by atoms with Gasteiger partial charge < -0.3 is 19.9 Å². The van der Waals surface area contributed by atoms with Gasteiger partial charge in [-0.15, -0.1) is 34.2 Å². The number of guanidine groups is 1. The Kier molecular flexibility index (Phi) is 9.89. The molecule has 0 saturated carbocycles. The topological polar surface area (TPSA) is 76.4 Å². The molecule has 2 unspecified atom stereocenters. The molecule has 0 aliphatic rings. The van der Waals surface area contributed by atoms with Crippen molar-refractivity contribution in [1.82, 2.24) is 25.4 Å². The van der Waals surface area contributed by atoms with Gasteiger partial charge in [0.15, 0.2) is 11.8 Å². The number of nitrogens with zero attached hydrogens (tertiary/aromatic N) is 4. The normalized spacial score (nSPS) is 13.1. The van der Waals surface area contributed by atoms with Gasteiger partial charge in [0.2, 0.25) is 0 Å². The molecule has 1 heterocycles. The fourth-order valence-electron chi connectivity index (χ4n) is 2.95. The first kappa shape index (κ1) is 25.6. The second-order valence-electron chi connectivity index (χ2n) is 7.43. The summed E-state index contributed by atoms with van der Waals surface area (Å²) in [6.07, 6.45) is -0.151. The van der Waals surface area contributed by atoms with Crippen molar-refractivity contribution in [2.75, 3.05) is 6.54 Å². The molecule has 2 atom stereocenters. The molecule has 0 aliphatic heterocycles. The number of ether oxygens (including phenoxy) is 1. The van der Waals surface area contributed by atoms with Crippen LogP contribution in [0.5, 0.6) is 5.75 Å². The Bertz CT molecular complexity index is 993. The van der Waals surface area contributed by atoms with E-state index in [1.165, 1.54) is 12.1 Å². The van der Waals surface area contributed by atoms with Crippen LogP contribution < -0.4 is 15.4 Å². The molecular formula is C23H30FIN6O. The van der Waals surface area contributed by atoms with E-state index in [1.807, 2.05) is 43.7 Å². The second-order valence-corrected chi connectivity index (χ2v) is 7.43. The van der Waals surface area contributed by atoms with Gasteiger partial charge in [-0.3, -0.25) is 0 Å². The zero-order valence-corrected chi connectivity index (χ0v) is 21.1. The van der Waals surface area contributed by atoms with Crippen molar-refractivity contribution in [3.8, 4) is 5.75 Å². The number of benzene rings is 2. The van der Waals surface area contributed by atoms with Crippen LogP contribution in [0, 0.1) is 12.7 Å². The van der Waals surface area contributed by atoms with Gasteiger partial charge in [-0.2, -0.15) is 0 Å². The molecule has 3 aromatic rings. The lowest BCUT2D eigenvalue weighted by molar-refractivity contribution is 0.223. The molecule has 32 heavy (non-hydrogen) atoms. The molecule has 172 valence electrons. The lowest BCUT2D eigenvalue weighted by Gasteiger charge is -2.21. The Balaban J connectivity index is 0.00000363. The van der Waals surface area contributed by atoms with Crippen molar-refractivity contribution in [2.24, 2.45) is 12.0 Å². The summed E-state index contributed by atoms with van der Waals surface area (Å²) in [6.45, 7) is 6.84. The number of aliphatic imine (C=N–C) groups is 1. The monoisotopic (exact) mass is 552 g/mol. The summed E-state index contributed by atoms with van der Waals surface area (Å²) in [5.41, 5.74) is 1.15. The van der Waals surface area contributed by atoms with Crippen LogP contribution in [-0.4, -0.2) is 33.4 Å². The van der Waals surface area contributed by atoms with E-state index >= 15 is 0 Å². The Morgan fingerprint density at radius 1 is 1.09 bits per heavy atom. The molecule has 0 aliphatic carbocycles. The molecule has 7 nitrogen and oxygen atoms in total. The van der Waals surface area contributed by atoms with E-state index in [4.69, 9.17) is 9.73 Å². The Morgan fingerprint density at radius 2 is 1.78 bits per heavy atom. The highest BCUT2D eigenvalue weighted by atomic mass is 127. The molecule has 2 N–H and O–H groups in total. The van der Waals surface area contributed by atoms with Gasteiger partial charge in [0.25, 0.3) is 0 Å². The predicted octanol–water partition coefficient (Wildman–Crippen LogP) is 4.14. The highest BCUT2D eigenvalue weighted by Gasteiger charge is 2.11. The number of hydrogen-bond acceptors (Lipinski definition) is 4. The van der Waals surface area contributed by atoms with E-state index in [2.05, 4.69) is 39.9 Å². The van der Waals surface area contributed by atoms with Crippen molar-refractivity contribution >= 4 is 29.9 Å². The number of hydrogen-bond donors (Lipinski definition) is 2. The summed E-state index contributed by atoms with van der Waals surface area (Å²) in [6, 6.07) is 16.2. The predicted molar refractivity (Wildman–Crippen MR) is 135 cm³/mol. The fraction of sp³-hybridized carbons (Fsp3) is 0.348. The number of halogens is 2. The standard InChI is InChI=1S/C23H29FN6O.HI/c1-16(31-21-12-10-20(24)11-13-21)14-25-23(26-15-22-29-28-18(3)30(22)4)27-17(2)19-8-6-5-7-9-19;/h5-13,16-17H,14-15H2,1-4H3,(H2,25,26,27);1H. The highest BCUT2D eigenvalue weighted by Crippen LogP contribution is 2.13. The molecule has 0 bridgehead atoms. The Hall–Kier alpha value is -2.69. The fourth-order valence-corrected chi connectivity index (χ4v) is 2.95. The number of rotatable bonds is 8. The van der Waals surface area contributed by atoms with Gasteiger partial charge in [0, 0.05) is 7.05 Å². The van der Waals surface area contributed by atoms with Gasteiger partial charge in [0.1, 0.15) is 30.0 Å². The molecular weight excluding hydrogens is 522 g/mol. The minimum atomic E-state index is -0.286. The average molecular weight is 552 g/mol. The first-order valence-corrected chi connectivity index (χ1v) is 10.3. The van der Waals surface area contributed by atoms with Crippen molar-refractivity contribution in [3.63, 3.8) is 0 Å². The van der Waals surface area contributed by atoms with Crippen LogP contribution in [0.15, 0.2) is 59.6 Å². The first-order valence-electron chi connectivity index (χ1n) is 10.3. The summed E-state index contributed by atoms with van der Waals surface area (Å²) in [5, 5.41) is 15.0. The molecule has 2 aromatic carbocycles. The summed E-state index contributed by atoms with van der Waals surface area (Å²) < 4.78 is 20.9. The summed E-state index contributed by atoms with van der Waals surface area (Å²) in [7, 11) is 1.92. The van der Waals surface area contributed by atoms with Crippen LogP contribution in [0.1, 0.15) is 37.1 Å². The summed E-state index contributed by atoms with van der Waals surface area (Å²) in [5.74, 6) is 2.60. The minimum Gasteiger partial charge on any atom is -0.489 e. The molecule has 3 rings (SSSR count). The number of nitrogens with one attached hydrogen (secondary N) is 2. The van der Waals surface area contributed by atoms with Gasteiger partial charge in [-0.05, 0) is 50.6 Å². The van der Waals surface area contributed by atoms with Crippen LogP contribution >= 0.6 is 24.0 Å². The van der Waals surface area contributed by atoms with Crippen LogP contribution in [0.4, 0.5) is 4.39 Å². The molecule has 0 amide bonds.